The molecule has 4 nitrogen and oxygen atoms in total. The highest BCUT2D eigenvalue weighted by Gasteiger charge is 2.10. The van der Waals surface area contributed by atoms with E-state index in [1.807, 2.05) is 24.3 Å². The summed E-state index contributed by atoms with van der Waals surface area (Å²) in [6.07, 6.45) is 1.97. The van der Waals surface area contributed by atoms with Crippen LogP contribution in [-0.4, -0.2) is 23.2 Å². The zero-order chi connectivity index (χ0) is 12.3. The molecule has 17 heavy (non-hydrogen) atoms. The van der Waals surface area contributed by atoms with Crippen LogP contribution in [0.1, 0.15) is 20.2 Å². The van der Waals surface area contributed by atoms with E-state index in [-0.39, 0.29) is 4.88 Å². The maximum Gasteiger partial charge on any atom is 0.347 e. The fourth-order valence-corrected chi connectivity index (χ4v) is 2.28. The molecule has 5 heteroatoms. The normalized spacial score (nSPS) is 10.2. The third kappa shape index (κ3) is 2.62. The number of aromatic carboxylic acids is 1. The topological polar surface area (TPSA) is 59.4 Å². The number of rotatable bonds is 4. The fourth-order valence-electron chi connectivity index (χ4n) is 1.50. The van der Waals surface area contributed by atoms with Gasteiger partial charge in [-0.05, 0) is 6.07 Å². The molecule has 0 aliphatic rings. The molecule has 2 aromatic rings. The minimum absolute atomic E-state index is 0.259. The summed E-state index contributed by atoms with van der Waals surface area (Å²) in [5.74, 6) is -0.145. The first-order valence-corrected chi connectivity index (χ1v) is 5.82. The van der Waals surface area contributed by atoms with Crippen molar-refractivity contribution in [2.24, 2.45) is 0 Å². The van der Waals surface area contributed by atoms with Gasteiger partial charge >= 0.3 is 5.97 Å². The van der Waals surface area contributed by atoms with Crippen LogP contribution in [0.4, 0.5) is 0 Å². The van der Waals surface area contributed by atoms with Gasteiger partial charge in [0.15, 0.2) is 0 Å². The lowest BCUT2D eigenvalue weighted by atomic mass is 10.1. The molecule has 1 N–H and O–H groups in total. The van der Waals surface area contributed by atoms with Crippen LogP contribution >= 0.6 is 11.3 Å². The number of carboxylic acids is 1. The molecule has 0 radical (unpaired) electrons. The first-order chi connectivity index (χ1) is 8.20. The van der Waals surface area contributed by atoms with E-state index >= 15 is 0 Å². The minimum atomic E-state index is -0.936. The van der Waals surface area contributed by atoms with E-state index in [0.29, 0.717) is 6.42 Å². The number of nitrogens with zero attached hydrogens (tertiary/aromatic N) is 1. The number of benzene rings is 1. The lowest BCUT2D eigenvalue weighted by molar-refractivity contribution is 0.0702. The van der Waals surface area contributed by atoms with Crippen LogP contribution in [0, 0.1) is 0 Å². The molecule has 1 heterocycles. The minimum Gasteiger partial charge on any atom is -0.496 e. The summed E-state index contributed by atoms with van der Waals surface area (Å²) in [6, 6.07) is 7.64. The first-order valence-electron chi connectivity index (χ1n) is 5.00. The molecule has 0 amide bonds. The van der Waals surface area contributed by atoms with E-state index in [9.17, 15) is 4.79 Å². The molecule has 0 spiro atoms. The molecule has 0 fully saturated rings. The summed E-state index contributed by atoms with van der Waals surface area (Å²) < 4.78 is 5.23. The molecule has 0 bridgehead atoms. The van der Waals surface area contributed by atoms with Crippen LogP contribution in [0.5, 0.6) is 5.75 Å². The summed E-state index contributed by atoms with van der Waals surface area (Å²) in [6.45, 7) is 0. The van der Waals surface area contributed by atoms with E-state index in [1.165, 1.54) is 17.5 Å². The Morgan fingerprint density at radius 1 is 1.47 bits per heavy atom. The Labute approximate surface area is 103 Å². The zero-order valence-electron chi connectivity index (χ0n) is 9.21. The Balaban J connectivity index is 2.22. The van der Waals surface area contributed by atoms with E-state index in [2.05, 4.69) is 4.98 Å². The van der Waals surface area contributed by atoms with Gasteiger partial charge in [0.05, 0.1) is 18.3 Å². The van der Waals surface area contributed by atoms with E-state index in [0.717, 1.165) is 16.3 Å². The number of aromatic nitrogens is 1. The van der Waals surface area contributed by atoms with Gasteiger partial charge in [-0.15, -0.1) is 11.3 Å². The van der Waals surface area contributed by atoms with Crippen LogP contribution in [0.3, 0.4) is 0 Å². The monoisotopic (exact) mass is 249 g/mol. The van der Waals surface area contributed by atoms with Crippen molar-refractivity contribution in [2.75, 3.05) is 7.11 Å². The number of carbonyl (C=O) groups is 1. The number of para-hydroxylation sites is 1. The van der Waals surface area contributed by atoms with Crippen LogP contribution < -0.4 is 4.74 Å². The molecular weight excluding hydrogens is 238 g/mol. The highest BCUT2D eigenvalue weighted by atomic mass is 32.1. The van der Waals surface area contributed by atoms with Gasteiger partial charge in [-0.3, -0.25) is 0 Å². The average Bonchev–Trinajstić information content (AvgIpc) is 2.78. The molecule has 0 aliphatic heterocycles. The van der Waals surface area contributed by atoms with Crippen LogP contribution in [-0.2, 0) is 6.42 Å². The van der Waals surface area contributed by atoms with Crippen molar-refractivity contribution in [2.45, 2.75) is 6.42 Å². The highest BCUT2D eigenvalue weighted by Crippen LogP contribution is 2.23. The van der Waals surface area contributed by atoms with Gasteiger partial charge in [0.2, 0.25) is 0 Å². The quantitative estimate of drug-likeness (QED) is 0.904. The van der Waals surface area contributed by atoms with Gasteiger partial charge in [-0.1, -0.05) is 18.2 Å². The lowest BCUT2D eigenvalue weighted by Crippen LogP contribution is -1.92. The maximum atomic E-state index is 10.7. The Hall–Kier alpha value is -1.88. The molecular formula is C12H11NO3S. The van der Waals surface area contributed by atoms with Gasteiger partial charge in [0, 0.05) is 12.0 Å². The van der Waals surface area contributed by atoms with Gasteiger partial charge < -0.3 is 9.84 Å². The van der Waals surface area contributed by atoms with Crippen molar-refractivity contribution >= 4 is 17.3 Å². The van der Waals surface area contributed by atoms with Crippen molar-refractivity contribution in [1.29, 1.82) is 0 Å². The number of thiazole rings is 1. The van der Waals surface area contributed by atoms with Crippen molar-refractivity contribution < 1.29 is 14.6 Å². The van der Waals surface area contributed by atoms with Gasteiger partial charge in [0.1, 0.15) is 10.6 Å². The molecule has 88 valence electrons. The smallest absolute Gasteiger partial charge is 0.347 e. The maximum absolute atomic E-state index is 10.7. The standard InChI is InChI=1S/C12H11NO3S/c1-16-9-5-3-2-4-8(9)6-11-13-7-10(17-11)12(14)15/h2-5,7H,6H2,1H3,(H,14,15). The average molecular weight is 249 g/mol. The number of carboxylic acid groups (broad SMARTS) is 1. The van der Waals surface area contributed by atoms with Gasteiger partial charge in [0.25, 0.3) is 0 Å². The first kappa shape index (κ1) is 11.6. The molecule has 0 aliphatic carbocycles. The third-order valence-corrected chi connectivity index (χ3v) is 3.28. The number of methoxy groups -OCH3 is 1. The van der Waals surface area contributed by atoms with Crippen LogP contribution in [0.25, 0.3) is 0 Å². The van der Waals surface area contributed by atoms with Crippen molar-refractivity contribution in [3.05, 3.63) is 45.9 Å². The summed E-state index contributed by atoms with van der Waals surface area (Å²) in [7, 11) is 1.61. The number of hydrogen-bond donors (Lipinski definition) is 1. The summed E-state index contributed by atoms with van der Waals surface area (Å²) in [5.41, 5.74) is 1.00. The van der Waals surface area contributed by atoms with E-state index < -0.39 is 5.97 Å². The molecule has 0 saturated heterocycles. The Bertz CT molecular complexity index is 536. The zero-order valence-corrected chi connectivity index (χ0v) is 10.0. The lowest BCUT2D eigenvalue weighted by Gasteiger charge is -2.05. The van der Waals surface area contributed by atoms with Gasteiger partial charge in [-0.2, -0.15) is 0 Å². The van der Waals surface area contributed by atoms with Crippen LogP contribution in [0.2, 0.25) is 0 Å². The molecule has 1 aromatic heterocycles. The molecule has 0 saturated carbocycles. The Morgan fingerprint density at radius 2 is 2.24 bits per heavy atom. The molecule has 1 aromatic carbocycles. The molecule has 0 atom stereocenters. The summed E-state index contributed by atoms with van der Waals surface area (Å²) in [4.78, 5) is 15.1. The predicted octanol–water partition coefficient (Wildman–Crippen LogP) is 2.44. The highest BCUT2D eigenvalue weighted by molar-refractivity contribution is 7.13. The molecule has 2 rings (SSSR count). The second kappa shape index (κ2) is 4.97. The van der Waals surface area contributed by atoms with Gasteiger partial charge in [-0.25, -0.2) is 9.78 Å². The number of hydrogen-bond acceptors (Lipinski definition) is 4. The SMILES string of the molecule is COc1ccccc1Cc1ncc(C(=O)O)s1. The van der Waals surface area contributed by atoms with E-state index in [1.54, 1.807) is 7.11 Å². The fraction of sp³-hybridized carbons (Fsp3) is 0.167. The van der Waals surface area contributed by atoms with Crippen molar-refractivity contribution in [3.63, 3.8) is 0 Å². The van der Waals surface area contributed by atoms with E-state index in [4.69, 9.17) is 9.84 Å². The largest absolute Gasteiger partial charge is 0.496 e. The Morgan fingerprint density at radius 3 is 2.88 bits per heavy atom. The second-order valence-corrected chi connectivity index (χ2v) is 4.53. The van der Waals surface area contributed by atoms with Crippen LogP contribution in [0.15, 0.2) is 30.5 Å². The second-order valence-electron chi connectivity index (χ2n) is 3.41. The van der Waals surface area contributed by atoms with Crippen molar-refractivity contribution in [3.8, 4) is 5.75 Å². The molecule has 0 unspecified atom stereocenters. The Kier molecular flexibility index (Phi) is 3.39. The van der Waals surface area contributed by atoms with Crippen molar-refractivity contribution in [1.82, 2.24) is 4.98 Å². The third-order valence-electron chi connectivity index (χ3n) is 2.30. The number of ether oxygens (including phenoxy) is 1. The predicted molar refractivity (Wildman–Crippen MR) is 64.9 cm³/mol. The summed E-state index contributed by atoms with van der Waals surface area (Å²) in [5, 5.41) is 9.58. The summed E-state index contributed by atoms with van der Waals surface area (Å²) >= 11 is 1.19.